The zero-order chi connectivity index (χ0) is 18.5. The molecule has 8 nitrogen and oxygen atoms in total. The molecule has 0 amide bonds. The Labute approximate surface area is 159 Å². The number of hydrogen-bond donors (Lipinski definition) is 1. The van der Waals surface area contributed by atoms with E-state index in [1.54, 1.807) is 18.5 Å². The first-order valence-corrected chi connectivity index (χ1v) is 10.6. The number of aliphatic imine (C=N–C) groups is 1. The van der Waals surface area contributed by atoms with E-state index in [2.05, 4.69) is 15.0 Å². The van der Waals surface area contributed by atoms with Gasteiger partial charge in [-0.05, 0) is 18.9 Å². The number of guanidine groups is 1. The predicted molar refractivity (Wildman–Crippen MR) is 99.3 cm³/mol. The normalized spacial score (nSPS) is 27.7. The molecular formula is C15H16ClN5O3S2. The van der Waals surface area contributed by atoms with Crippen LogP contribution in [0.15, 0.2) is 29.8 Å². The largest absolute Gasteiger partial charge is 0.369 e. The number of thiophene rings is 1. The highest BCUT2D eigenvalue weighted by Gasteiger charge is 2.57. The molecule has 0 spiro atoms. The quantitative estimate of drug-likeness (QED) is 0.803. The molecule has 1 saturated heterocycles. The highest BCUT2D eigenvalue weighted by atomic mass is 35.5. The second-order valence-corrected chi connectivity index (χ2v) is 9.59. The summed E-state index contributed by atoms with van der Waals surface area (Å²) in [5.74, 6) is -0.0687. The fourth-order valence-corrected chi connectivity index (χ4v) is 6.66. The van der Waals surface area contributed by atoms with E-state index in [-0.39, 0.29) is 5.96 Å². The number of fused-ring (bicyclic) bond motifs is 1. The van der Waals surface area contributed by atoms with Gasteiger partial charge in [0.15, 0.2) is 0 Å². The number of nitrogens with two attached hydrogens (primary N) is 1. The van der Waals surface area contributed by atoms with Crippen LogP contribution in [-0.2, 0) is 20.3 Å². The molecule has 0 aliphatic carbocycles. The van der Waals surface area contributed by atoms with Gasteiger partial charge < -0.3 is 10.5 Å². The van der Waals surface area contributed by atoms with E-state index in [1.807, 2.05) is 0 Å². The van der Waals surface area contributed by atoms with Crippen LogP contribution in [0.4, 0.5) is 0 Å². The topological polar surface area (TPSA) is 111 Å². The zero-order valence-electron chi connectivity index (χ0n) is 13.8. The average Bonchev–Trinajstić information content (AvgIpc) is 3.03. The Bertz CT molecular complexity index is 978. The number of sulfonamides is 1. The average molecular weight is 414 g/mol. The number of nitrogens with zero attached hydrogens (tertiary/aromatic N) is 4. The first-order chi connectivity index (χ1) is 12.4. The van der Waals surface area contributed by atoms with E-state index in [0.29, 0.717) is 29.3 Å². The molecule has 0 radical (unpaired) electrons. The molecular weight excluding hydrogens is 398 g/mol. The van der Waals surface area contributed by atoms with Crippen LogP contribution in [0.2, 0.25) is 5.02 Å². The number of ether oxygens (including phenoxy) is 1. The van der Waals surface area contributed by atoms with Crippen molar-refractivity contribution in [1.29, 1.82) is 0 Å². The Balaban J connectivity index is 1.91. The van der Waals surface area contributed by atoms with Crippen molar-refractivity contribution in [3.8, 4) is 10.4 Å². The van der Waals surface area contributed by atoms with Crippen molar-refractivity contribution in [2.45, 2.75) is 23.8 Å². The van der Waals surface area contributed by atoms with Crippen LogP contribution in [0.3, 0.4) is 0 Å². The van der Waals surface area contributed by atoms with Crippen molar-refractivity contribution in [2.24, 2.45) is 10.7 Å². The third kappa shape index (κ3) is 2.51. The third-order valence-corrected chi connectivity index (χ3v) is 8.35. The molecule has 11 heteroatoms. The van der Waals surface area contributed by atoms with Gasteiger partial charge >= 0.3 is 0 Å². The molecule has 2 unspecified atom stereocenters. The van der Waals surface area contributed by atoms with Crippen molar-refractivity contribution in [3.05, 3.63) is 34.7 Å². The third-order valence-electron chi connectivity index (χ3n) is 4.58. The molecule has 2 N–H and O–H groups in total. The minimum absolute atomic E-state index is 0.0687. The van der Waals surface area contributed by atoms with Gasteiger partial charge in [-0.15, -0.1) is 11.3 Å². The number of aromatic nitrogens is 2. The second-order valence-electron chi connectivity index (χ2n) is 6.13. The molecule has 2 aliphatic rings. The van der Waals surface area contributed by atoms with Gasteiger partial charge in [0.1, 0.15) is 11.9 Å². The van der Waals surface area contributed by atoms with Crippen molar-refractivity contribution in [1.82, 2.24) is 14.3 Å². The minimum Gasteiger partial charge on any atom is -0.369 e. The lowest BCUT2D eigenvalue weighted by atomic mass is 9.90. The summed E-state index contributed by atoms with van der Waals surface area (Å²) in [6, 6.07) is 1.78. The molecule has 0 saturated carbocycles. The van der Waals surface area contributed by atoms with Crippen LogP contribution >= 0.6 is 22.9 Å². The van der Waals surface area contributed by atoms with E-state index < -0.39 is 21.0 Å². The van der Waals surface area contributed by atoms with Crippen molar-refractivity contribution < 1.29 is 13.2 Å². The molecule has 2 aliphatic heterocycles. The molecule has 4 heterocycles. The van der Waals surface area contributed by atoms with Crippen LogP contribution < -0.4 is 5.73 Å². The van der Waals surface area contributed by atoms with Gasteiger partial charge in [0.25, 0.3) is 10.0 Å². The lowest BCUT2D eigenvalue weighted by Gasteiger charge is -2.44. The van der Waals surface area contributed by atoms with Gasteiger partial charge in [0, 0.05) is 36.5 Å². The summed E-state index contributed by atoms with van der Waals surface area (Å²) in [7, 11) is -2.44. The molecule has 1 fully saturated rings. The molecule has 2 aromatic heterocycles. The molecule has 0 aromatic carbocycles. The fourth-order valence-electron chi connectivity index (χ4n) is 3.28. The van der Waals surface area contributed by atoms with Gasteiger partial charge in [-0.3, -0.25) is 0 Å². The second kappa shape index (κ2) is 6.15. The first kappa shape index (κ1) is 17.7. The zero-order valence-corrected chi connectivity index (χ0v) is 16.2. The summed E-state index contributed by atoms with van der Waals surface area (Å²) in [6.45, 7) is 0.345. The number of rotatable bonds is 2. The molecule has 138 valence electrons. The van der Waals surface area contributed by atoms with E-state index in [9.17, 15) is 8.42 Å². The summed E-state index contributed by atoms with van der Waals surface area (Å²) in [5, 5.41) is 0.431. The van der Waals surface area contributed by atoms with Crippen LogP contribution in [-0.4, -0.2) is 47.7 Å². The highest BCUT2D eigenvalue weighted by Crippen LogP contribution is 2.51. The van der Waals surface area contributed by atoms with Gasteiger partial charge in [-0.25, -0.2) is 27.7 Å². The Morgan fingerprint density at radius 2 is 2.15 bits per heavy atom. The summed E-state index contributed by atoms with van der Waals surface area (Å²) >= 11 is 7.88. The van der Waals surface area contributed by atoms with E-state index in [4.69, 9.17) is 22.1 Å². The van der Waals surface area contributed by atoms with Crippen LogP contribution in [0, 0.1) is 0 Å². The van der Waals surface area contributed by atoms with Crippen LogP contribution in [0.25, 0.3) is 10.4 Å². The lowest BCUT2D eigenvalue weighted by Crippen LogP contribution is -2.59. The molecule has 2 aromatic rings. The van der Waals surface area contributed by atoms with Crippen molar-refractivity contribution in [3.63, 3.8) is 0 Å². The Morgan fingerprint density at radius 3 is 2.88 bits per heavy atom. The van der Waals surface area contributed by atoms with Crippen LogP contribution in [0.5, 0.6) is 0 Å². The number of halogens is 1. The van der Waals surface area contributed by atoms with E-state index >= 15 is 0 Å². The smallest absolute Gasteiger partial charge is 0.267 e. The molecule has 4 rings (SSSR count). The van der Waals surface area contributed by atoms with Gasteiger partial charge in [0.2, 0.25) is 11.4 Å². The van der Waals surface area contributed by atoms with Gasteiger partial charge in [-0.2, -0.15) is 0 Å². The van der Waals surface area contributed by atoms with Crippen molar-refractivity contribution >= 4 is 38.9 Å². The number of hydrogen-bond acceptors (Lipinski definition) is 8. The van der Waals surface area contributed by atoms with E-state index in [0.717, 1.165) is 14.7 Å². The molecule has 2 atom stereocenters. The summed E-state index contributed by atoms with van der Waals surface area (Å²) in [4.78, 5) is 14.0. The fraction of sp³-hybridized carbons (Fsp3) is 0.400. The monoisotopic (exact) mass is 413 g/mol. The maximum absolute atomic E-state index is 12.9. The molecule has 0 bridgehead atoms. The van der Waals surface area contributed by atoms with Crippen molar-refractivity contribution in [2.75, 3.05) is 13.7 Å². The van der Waals surface area contributed by atoms with Gasteiger partial charge in [0.05, 0.1) is 9.90 Å². The Hall–Kier alpha value is -1.75. The summed E-state index contributed by atoms with van der Waals surface area (Å²) in [5.41, 5.74) is 4.42. The minimum atomic E-state index is -3.81. The predicted octanol–water partition coefficient (Wildman–Crippen LogP) is 1.78. The maximum Gasteiger partial charge on any atom is 0.267 e. The Morgan fingerprint density at radius 1 is 1.42 bits per heavy atom. The standard InChI is InChI=1S/C15H16ClN5O3S2/c1-21-14(17)20-15(3-2-4-24-13(15)26(21,22)23)12-10(16)5-11(25-12)9-6-18-8-19-7-9/h5-8,13H,2-4H2,1H3,(H2,17,20). The van der Waals surface area contributed by atoms with Gasteiger partial charge in [-0.1, -0.05) is 11.6 Å². The molecule has 26 heavy (non-hydrogen) atoms. The highest BCUT2D eigenvalue weighted by molar-refractivity contribution is 7.90. The summed E-state index contributed by atoms with van der Waals surface area (Å²) in [6.07, 6.45) is 5.93. The van der Waals surface area contributed by atoms with E-state index in [1.165, 1.54) is 24.7 Å². The summed E-state index contributed by atoms with van der Waals surface area (Å²) < 4.78 is 32.5. The van der Waals surface area contributed by atoms with Crippen LogP contribution in [0.1, 0.15) is 17.7 Å². The lowest BCUT2D eigenvalue weighted by molar-refractivity contribution is 0.00334. The Kier molecular flexibility index (Phi) is 4.18. The SMILES string of the molecule is CN1C(N)=NC2(c3sc(-c4cncnc4)cc3Cl)CCCOC2S1(=O)=O. The maximum atomic E-state index is 12.9. The first-order valence-electron chi connectivity index (χ1n) is 7.86.